The quantitative estimate of drug-likeness (QED) is 0.778. The predicted octanol–water partition coefficient (Wildman–Crippen LogP) is 2.09. The third-order valence-electron chi connectivity index (χ3n) is 2.42. The molecule has 0 aromatic carbocycles. The van der Waals surface area contributed by atoms with Crippen LogP contribution >= 0.6 is 15.9 Å². The standard InChI is InChI=1S/C10H17BrN2O3S/c1-7(2)13(6-5-11)17(14,15)10-8(3)12-16-9(10)4/h7H,5-6H2,1-4H3. The number of halogens is 1. The lowest BCUT2D eigenvalue weighted by Gasteiger charge is -2.24. The van der Waals surface area contributed by atoms with E-state index >= 15 is 0 Å². The van der Waals surface area contributed by atoms with Gasteiger partial charge in [0.05, 0.1) is 0 Å². The van der Waals surface area contributed by atoms with Crippen molar-refractivity contribution in [1.29, 1.82) is 0 Å². The van der Waals surface area contributed by atoms with E-state index in [9.17, 15) is 8.42 Å². The van der Waals surface area contributed by atoms with Crippen molar-refractivity contribution in [1.82, 2.24) is 9.46 Å². The number of aryl methyl sites for hydroxylation is 2. The fraction of sp³-hybridized carbons (Fsp3) is 0.700. The molecule has 0 saturated heterocycles. The van der Waals surface area contributed by atoms with Gasteiger partial charge in [-0.3, -0.25) is 0 Å². The largest absolute Gasteiger partial charge is 0.360 e. The van der Waals surface area contributed by atoms with Gasteiger partial charge < -0.3 is 4.52 Å². The second-order valence-electron chi connectivity index (χ2n) is 4.05. The maximum atomic E-state index is 12.5. The minimum Gasteiger partial charge on any atom is -0.360 e. The average molecular weight is 325 g/mol. The van der Waals surface area contributed by atoms with Crippen LogP contribution in [0.25, 0.3) is 0 Å². The highest BCUT2D eigenvalue weighted by Crippen LogP contribution is 2.24. The Morgan fingerprint density at radius 3 is 2.35 bits per heavy atom. The first-order valence-corrected chi connectivity index (χ1v) is 7.89. The molecular weight excluding hydrogens is 308 g/mol. The summed E-state index contributed by atoms with van der Waals surface area (Å²) >= 11 is 3.27. The molecule has 7 heteroatoms. The van der Waals surface area contributed by atoms with Gasteiger partial charge in [0.2, 0.25) is 10.0 Å². The first-order valence-electron chi connectivity index (χ1n) is 5.33. The van der Waals surface area contributed by atoms with E-state index in [1.54, 1.807) is 13.8 Å². The highest BCUT2D eigenvalue weighted by molar-refractivity contribution is 9.09. The van der Waals surface area contributed by atoms with Gasteiger partial charge in [0.15, 0.2) is 5.76 Å². The molecule has 0 fully saturated rings. The molecule has 0 N–H and O–H groups in total. The van der Waals surface area contributed by atoms with Crippen LogP contribution in [0.5, 0.6) is 0 Å². The Hall–Kier alpha value is -0.400. The molecule has 0 aliphatic heterocycles. The fourth-order valence-corrected chi connectivity index (χ4v) is 4.25. The predicted molar refractivity (Wildman–Crippen MR) is 68.8 cm³/mol. The molecule has 5 nitrogen and oxygen atoms in total. The highest BCUT2D eigenvalue weighted by atomic mass is 79.9. The Bertz CT molecular complexity index is 462. The number of rotatable bonds is 5. The lowest BCUT2D eigenvalue weighted by Crippen LogP contribution is -2.38. The molecule has 17 heavy (non-hydrogen) atoms. The van der Waals surface area contributed by atoms with E-state index in [0.717, 1.165) is 0 Å². The monoisotopic (exact) mass is 324 g/mol. The minimum atomic E-state index is -3.53. The molecule has 0 amide bonds. The van der Waals surface area contributed by atoms with Gasteiger partial charge >= 0.3 is 0 Å². The fourth-order valence-electron chi connectivity index (χ4n) is 1.70. The molecule has 0 saturated carbocycles. The normalized spacial score (nSPS) is 12.6. The van der Waals surface area contributed by atoms with Gasteiger partial charge in [0, 0.05) is 17.9 Å². The van der Waals surface area contributed by atoms with Gasteiger partial charge in [-0.15, -0.1) is 0 Å². The van der Waals surface area contributed by atoms with Gasteiger partial charge in [-0.2, -0.15) is 4.31 Å². The van der Waals surface area contributed by atoms with Crippen molar-refractivity contribution in [2.45, 2.75) is 38.6 Å². The third kappa shape index (κ3) is 2.89. The first kappa shape index (κ1) is 14.7. The topological polar surface area (TPSA) is 63.4 Å². The van der Waals surface area contributed by atoms with Crippen molar-refractivity contribution in [3.05, 3.63) is 11.5 Å². The van der Waals surface area contributed by atoms with Crippen LogP contribution in [0, 0.1) is 13.8 Å². The van der Waals surface area contributed by atoms with Crippen LogP contribution in [0.4, 0.5) is 0 Å². The summed E-state index contributed by atoms with van der Waals surface area (Å²) in [6.07, 6.45) is 0. The maximum absolute atomic E-state index is 12.5. The number of aromatic nitrogens is 1. The molecule has 0 unspecified atom stereocenters. The SMILES string of the molecule is Cc1noc(C)c1S(=O)(=O)N(CCBr)C(C)C. The second kappa shape index (κ2) is 5.49. The van der Waals surface area contributed by atoms with Gasteiger partial charge in [-0.05, 0) is 27.7 Å². The summed E-state index contributed by atoms with van der Waals surface area (Å²) < 4.78 is 31.3. The van der Waals surface area contributed by atoms with Gasteiger partial charge in [0.1, 0.15) is 10.6 Å². The number of nitrogens with zero attached hydrogens (tertiary/aromatic N) is 2. The molecule has 1 aromatic heterocycles. The van der Waals surface area contributed by atoms with Gasteiger partial charge in [-0.1, -0.05) is 21.1 Å². The van der Waals surface area contributed by atoms with E-state index in [0.29, 0.717) is 23.3 Å². The zero-order chi connectivity index (χ0) is 13.2. The summed E-state index contributed by atoms with van der Waals surface area (Å²) in [6, 6.07) is -0.105. The Kier molecular flexibility index (Phi) is 4.74. The molecule has 1 heterocycles. The van der Waals surface area contributed by atoms with Gasteiger partial charge in [0.25, 0.3) is 0 Å². The van der Waals surface area contributed by atoms with E-state index < -0.39 is 10.0 Å². The molecule has 98 valence electrons. The summed E-state index contributed by atoms with van der Waals surface area (Å²) in [7, 11) is -3.53. The van der Waals surface area contributed by atoms with E-state index in [-0.39, 0.29) is 10.9 Å². The van der Waals surface area contributed by atoms with E-state index in [1.165, 1.54) is 4.31 Å². The Morgan fingerprint density at radius 1 is 1.41 bits per heavy atom. The molecule has 1 rings (SSSR count). The van der Waals surface area contributed by atoms with Crippen molar-refractivity contribution in [3.8, 4) is 0 Å². The molecule has 0 bridgehead atoms. The molecule has 0 aliphatic carbocycles. The maximum Gasteiger partial charge on any atom is 0.248 e. The number of hydrogen-bond donors (Lipinski definition) is 0. The highest BCUT2D eigenvalue weighted by Gasteiger charge is 2.32. The third-order valence-corrected chi connectivity index (χ3v) is 5.09. The van der Waals surface area contributed by atoms with E-state index in [1.807, 2.05) is 13.8 Å². The summed E-state index contributed by atoms with van der Waals surface area (Å²) in [5.41, 5.74) is 0.405. The second-order valence-corrected chi connectivity index (χ2v) is 6.67. The zero-order valence-electron chi connectivity index (χ0n) is 10.4. The molecule has 0 atom stereocenters. The summed E-state index contributed by atoms with van der Waals surface area (Å²) in [5, 5.41) is 4.28. The Labute approximate surface area is 110 Å². The molecule has 0 spiro atoms. The lowest BCUT2D eigenvalue weighted by molar-refractivity contribution is 0.368. The molecule has 0 radical (unpaired) electrons. The molecule has 1 aromatic rings. The Balaban J connectivity index is 3.26. The first-order chi connectivity index (χ1) is 7.82. The smallest absolute Gasteiger partial charge is 0.248 e. The zero-order valence-corrected chi connectivity index (χ0v) is 12.8. The number of hydrogen-bond acceptors (Lipinski definition) is 4. The Morgan fingerprint density at radius 2 is 2.00 bits per heavy atom. The molecular formula is C10H17BrN2O3S. The molecule has 0 aliphatic rings. The van der Waals surface area contributed by atoms with Crippen molar-refractivity contribution in [3.63, 3.8) is 0 Å². The van der Waals surface area contributed by atoms with E-state index in [2.05, 4.69) is 21.1 Å². The van der Waals surface area contributed by atoms with Crippen molar-refractivity contribution >= 4 is 26.0 Å². The van der Waals surface area contributed by atoms with Crippen molar-refractivity contribution < 1.29 is 12.9 Å². The summed E-state index contributed by atoms with van der Waals surface area (Å²) in [5.74, 6) is 0.336. The van der Waals surface area contributed by atoms with Crippen LogP contribution < -0.4 is 0 Å². The van der Waals surface area contributed by atoms with Crippen molar-refractivity contribution in [2.75, 3.05) is 11.9 Å². The van der Waals surface area contributed by atoms with Gasteiger partial charge in [-0.25, -0.2) is 8.42 Å². The van der Waals surface area contributed by atoms with E-state index in [4.69, 9.17) is 4.52 Å². The van der Waals surface area contributed by atoms with Crippen LogP contribution in [-0.2, 0) is 10.0 Å². The lowest BCUT2D eigenvalue weighted by atomic mass is 10.4. The number of alkyl halides is 1. The van der Waals surface area contributed by atoms with Crippen LogP contribution in [0.2, 0.25) is 0 Å². The van der Waals surface area contributed by atoms with Crippen LogP contribution in [0.3, 0.4) is 0 Å². The van der Waals surface area contributed by atoms with Crippen LogP contribution in [0.1, 0.15) is 25.3 Å². The van der Waals surface area contributed by atoms with Crippen molar-refractivity contribution in [2.24, 2.45) is 0 Å². The van der Waals surface area contributed by atoms with Crippen LogP contribution in [0.15, 0.2) is 9.42 Å². The summed E-state index contributed by atoms with van der Waals surface area (Å²) in [6.45, 7) is 7.36. The van der Waals surface area contributed by atoms with Crippen LogP contribution in [-0.4, -0.2) is 35.8 Å². The average Bonchev–Trinajstić information content (AvgIpc) is 2.54. The number of sulfonamides is 1. The summed E-state index contributed by atoms with van der Waals surface area (Å²) in [4.78, 5) is 0.187. The minimum absolute atomic E-state index is 0.105.